The quantitative estimate of drug-likeness (QED) is 0.660. The zero-order valence-electron chi connectivity index (χ0n) is 11.9. The second kappa shape index (κ2) is 8.00. The van der Waals surface area contributed by atoms with Crippen molar-refractivity contribution < 1.29 is 37.5 Å². The molecule has 1 aliphatic heterocycles. The predicted molar refractivity (Wildman–Crippen MR) is 79.5 cm³/mol. The Morgan fingerprint density at radius 1 is 1.52 bits per heavy atom. The topological polar surface area (TPSA) is 102 Å². The molecule has 4 N–H and O–H groups in total. The molecule has 0 aromatic heterocycles. The van der Waals surface area contributed by atoms with Crippen LogP contribution in [0.2, 0.25) is 0 Å². The number of hydrogen-bond donors (Lipinski definition) is 3. The molecule has 0 bridgehead atoms. The number of ether oxygens (including phenoxy) is 1. The number of nitrogens with two attached hydrogens (primary N) is 1. The average Bonchev–Trinajstić information content (AvgIpc) is 2.80. The lowest BCUT2D eigenvalue weighted by atomic mass is 9.78. The summed E-state index contributed by atoms with van der Waals surface area (Å²) in [6.07, 6.45) is -5.36. The first kappa shape index (κ1) is 19.8. The van der Waals surface area contributed by atoms with Crippen molar-refractivity contribution in [2.75, 3.05) is 13.2 Å². The minimum absolute atomic E-state index is 0.278. The van der Waals surface area contributed by atoms with Crippen molar-refractivity contribution in [3.8, 4) is 5.75 Å². The molecule has 0 saturated carbocycles. The Bertz CT molecular complexity index is 572. The van der Waals surface area contributed by atoms with Crippen LogP contribution in [0, 0.1) is 0 Å². The third kappa shape index (κ3) is 4.84. The van der Waals surface area contributed by atoms with E-state index in [0.29, 0.717) is 24.4 Å². The molecule has 0 saturated heterocycles. The van der Waals surface area contributed by atoms with Gasteiger partial charge in [0.05, 0.1) is 12.7 Å². The van der Waals surface area contributed by atoms with E-state index >= 15 is 0 Å². The van der Waals surface area contributed by atoms with Crippen molar-refractivity contribution in [1.29, 1.82) is 0 Å². The fourth-order valence-electron chi connectivity index (χ4n) is 1.92. The van der Waals surface area contributed by atoms with E-state index in [1.807, 2.05) is 19.1 Å². The third-order valence-corrected chi connectivity index (χ3v) is 3.50. The molecule has 1 atom stereocenters. The average molecular weight is 400 g/mol. The van der Waals surface area contributed by atoms with E-state index < -0.39 is 19.3 Å². The van der Waals surface area contributed by atoms with Gasteiger partial charge in [0, 0.05) is 16.5 Å². The Hall–Kier alpha value is -1.30. The molecule has 2 rings (SSSR count). The highest BCUT2D eigenvalue weighted by Gasteiger charge is 2.39. The van der Waals surface area contributed by atoms with Gasteiger partial charge in [0.15, 0.2) is 0 Å². The number of alkyl halides is 3. The number of rotatable bonds is 3. The zero-order chi connectivity index (χ0) is 17.8. The maximum atomic E-state index is 10.6. The summed E-state index contributed by atoms with van der Waals surface area (Å²) in [6, 6.07) is 3.70. The van der Waals surface area contributed by atoms with Gasteiger partial charge >= 0.3 is 19.3 Å². The molecule has 23 heavy (non-hydrogen) atoms. The molecule has 0 fully saturated rings. The van der Waals surface area contributed by atoms with Gasteiger partial charge in [-0.2, -0.15) is 13.2 Å². The molecule has 1 aromatic rings. The Kier molecular flexibility index (Phi) is 6.87. The van der Waals surface area contributed by atoms with Crippen LogP contribution in [0.15, 0.2) is 16.6 Å². The van der Waals surface area contributed by atoms with Crippen LogP contribution in [0.5, 0.6) is 5.75 Å². The second-order valence-corrected chi connectivity index (χ2v) is 5.18. The summed E-state index contributed by atoms with van der Waals surface area (Å²) in [4.78, 5) is 8.90. The van der Waals surface area contributed by atoms with Gasteiger partial charge < -0.3 is 25.3 Å². The van der Waals surface area contributed by atoms with Gasteiger partial charge in [-0.3, -0.25) is 0 Å². The van der Waals surface area contributed by atoms with Crippen molar-refractivity contribution in [3.05, 3.63) is 22.2 Å². The van der Waals surface area contributed by atoms with Gasteiger partial charge in [-0.25, -0.2) is 4.79 Å². The largest absolute Gasteiger partial charge is 0.495 e. The molecule has 0 aliphatic carbocycles. The molecular formula is C12H14BBrF3NO5. The summed E-state index contributed by atoms with van der Waals surface area (Å²) in [7, 11) is -0.956. The highest BCUT2D eigenvalue weighted by atomic mass is 79.9. The number of carboxylic acids is 1. The highest BCUT2D eigenvalue weighted by Crippen LogP contribution is 2.33. The van der Waals surface area contributed by atoms with Crippen LogP contribution in [-0.2, 0) is 9.45 Å². The Labute approximate surface area is 138 Å². The van der Waals surface area contributed by atoms with Crippen LogP contribution in [0.25, 0.3) is 0 Å². The maximum Gasteiger partial charge on any atom is 0.495 e. The first-order valence-corrected chi connectivity index (χ1v) is 7.21. The molecule has 0 radical (unpaired) electrons. The lowest BCUT2D eigenvalue weighted by Crippen LogP contribution is -2.30. The number of benzene rings is 1. The van der Waals surface area contributed by atoms with Crippen molar-refractivity contribution >= 4 is 34.5 Å². The van der Waals surface area contributed by atoms with Crippen LogP contribution in [0.3, 0.4) is 0 Å². The summed E-state index contributed by atoms with van der Waals surface area (Å²) < 4.78 is 43.5. The third-order valence-electron chi connectivity index (χ3n) is 2.81. The standard InChI is InChI=1S/C10H13BBrNO3.C2HF3O2/c1-2-15-7-4-3-6(12)9-8(5-13)16-11(14)10(7)9;3-2(4,5)1(6)7/h3-4,8,14H,2,5,13H2,1H3;(H,6,7). The molecule has 1 unspecified atom stereocenters. The fraction of sp³-hybridized carbons (Fsp3) is 0.417. The highest BCUT2D eigenvalue weighted by molar-refractivity contribution is 9.10. The van der Waals surface area contributed by atoms with Crippen LogP contribution >= 0.6 is 15.9 Å². The Morgan fingerprint density at radius 3 is 2.52 bits per heavy atom. The van der Waals surface area contributed by atoms with E-state index in [0.717, 1.165) is 10.0 Å². The Morgan fingerprint density at radius 2 is 2.09 bits per heavy atom. The van der Waals surface area contributed by atoms with Crippen molar-refractivity contribution in [1.82, 2.24) is 0 Å². The lowest BCUT2D eigenvalue weighted by molar-refractivity contribution is -0.192. The maximum absolute atomic E-state index is 10.6. The van der Waals surface area contributed by atoms with E-state index in [9.17, 15) is 18.2 Å². The smallest absolute Gasteiger partial charge is 0.494 e. The summed E-state index contributed by atoms with van der Waals surface area (Å²) in [5.74, 6) is -2.10. The van der Waals surface area contributed by atoms with Crippen LogP contribution in [-0.4, -0.2) is 42.5 Å². The predicted octanol–water partition coefficient (Wildman–Crippen LogP) is 1.20. The van der Waals surface area contributed by atoms with E-state index in [2.05, 4.69) is 15.9 Å². The summed E-state index contributed by atoms with van der Waals surface area (Å²) in [6.45, 7) is 2.78. The molecule has 0 spiro atoms. The van der Waals surface area contributed by atoms with E-state index in [4.69, 9.17) is 25.0 Å². The molecule has 128 valence electrons. The number of halogens is 4. The SMILES string of the molecule is CCOc1ccc(Br)c2c1B(O)OC2CN.O=C(O)C(F)(F)F. The molecule has 1 aliphatic rings. The summed E-state index contributed by atoms with van der Waals surface area (Å²) >= 11 is 3.44. The lowest BCUT2D eigenvalue weighted by Gasteiger charge is -2.12. The van der Waals surface area contributed by atoms with Gasteiger partial charge in [0.25, 0.3) is 0 Å². The molecule has 1 aromatic carbocycles. The number of hydrogen-bond acceptors (Lipinski definition) is 5. The first-order valence-electron chi connectivity index (χ1n) is 6.42. The van der Waals surface area contributed by atoms with Crippen LogP contribution in [0.1, 0.15) is 18.6 Å². The first-order chi connectivity index (χ1) is 10.6. The normalized spacial score (nSPS) is 16.5. The zero-order valence-corrected chi connectivity index (χ0v) is 13.5. The van der Waals surface area contributed by atoms with Crippen molar-refractivity contribution in [2.24, 2.45) is 5.73 Å². The van der Waals surface area contributed by atoms with Gasteiger partial charge in [0.2, 0.25) is 0 Å². The molecule has 0 amide bonds. The number of carbonyl (C=O) groups is 1. The van der Waals surface area contributed by atoms with E-state index in [-0.39, 0.29) is 6.10 Å². The minimum Gasteiger partial charge on any atom is -0.494 e. The van der Waals surface area contributed by atoms with Crippen LogP contribution in [0.4, 0.5) is 13.2 Å². The molecule has 11 heteroatoms. The van der Waals surface area contributed by atoms with Crippen molar-refractivity contribution in [2.45, 2.75) is 19.2 Å². The minimum atomic E-state index is -5.08. The van der Waals surface area contributed by atoms with Crippen molar-refractivity contribution in [3.63, 3.8) is 0 Å². The Balaban J connectivity index is 0.000000322. The number of carboxylic acid groups (broad SMARTS) is 1. The van der Waals surface area contributed by atoms with E-state index in [1.165, 1.54) is 0 Å². The fourth-order valence-corrected chi connectivity index (χ4v) is 2.52. The van der Waals surface area contributed by atoms with Crippen LogP contribution < -0.4 is 15.9 Å². The van der Waals surface area contributed by atoms with Gasteiger partial charge in [-0.05, 0) is 24.6 Å². The van der Waals surface area contributed by atoms with Gasteiger partial charge in [-0.15, -0.1) is 0 Å². The van der Waals surface area contributed by atoms with Gasteiger partial charge in [0.1, 0.15) is 5.75 Å². The summed E-state index contributed by atoms with van der Waals surface area (Å²) in [5.41, 5.74) is 7.18. The number of aliphatic carboxylic acids is 1. The molecular weight excluding hydrogens is 386 g/mol. The molecule has 6 nitrogen and oxygen atoms in total. The number of fused-ring (bicyclic) bond motifs is 1. The second-order valence-electron chi connectivity index (χ2n) is 4.32. The van der Waals surface area contributed by atoms with E-state index in [1.54, 1.807) is 0 Å². The van der Waals surface area contributed by atoms with Gasteiger partial charge in [-0.1, -0.05) is 15.9 Å². The monoisotopic (exact) mass is 399 g/mol. The summed E-state index contributed by atoms with van der Waals surface area (Å²) in [5, 5.41) is 17.0. The molecule has 1 heterocycles.